The number of ether oxygens (including phenoxy) is 2. The van der Waals surface area contributed by atoms with Crippen molar-refractivity contribution in [3.63, 3.8) is 0 Å². The smallest absolute Gasteiger partial charge is 0.459 e. The normalized spacial score (nSPS) is 26.3. The van der Waals surface area contributed by atoms with E-state index in [0.29, 0.717) is 30.2 Å². The molecular weight excluding hydrogens is 565 g/mol. The van der Waals surface area contributed by atoms with Gasteiger partial charge in [-0.25, -0.2) is 14.1 Å². The molecule has 2 fully saturated rings. The molecule has 0 radical (unpaired) electrons. The predicted molar refractivity (Wildman–Crippen MR) is 152 cm³/mol. The summed E-state index contributed by atoms with van der Waals surface area (Å²) in [6, 6.07) is 10.8. The fourth-order valence-electron chi connectivity index (χ4n) is 4.87. The first-order chi connectivity index (χ1) is 20.0. The van der Waals surface area contributed by atoms with E-state index in [9.17, 15) is 19.6 Å². The van der Waals surface area contributed by atoms with Gasteiger partial charge in [0.25, 0.3) is 0 Å². The van der Waals surface area contributed by atoms with Crippen LogP contribution in [-0.4, -0.2) is 67.8 Å². The highest BCUT2D eigenvalue weighted by atomic mass is 31.2. The second-order valence-electron chi connectivity index (χ2n) is 11.5. The van der Waals surface area contributed by atoms with Gasteiger partial charge in [-0.3, -0.25) is 9.32 Å². The molecule has 2 aliphatic rings. The summed E-state index contributed by atoms with van der Waals surface area (Å²) in [7, 11) is -4.27. The molecule has 3 heterocycles. The van der Waals surface area contributed by atoms with Crippen molar-refractivity contribution in [2.24, 2.45) is 11.8 Å². The number of nitrogens with zero attached hydrogens (tertiary/aromatic N) is 3. The molecule has 5 rings (SSSR count). The number of nitrogens with two attached hydrogens (primary N) is 1. The molecule has 1 saturated heterocycles. The first kappa shape index (κ1) is 30.4. The standard InChI is InChI=1S/C28H38N5O8P/c1-17(2)13-20(27(36)38-14-18-9-10-18)32-42(37,41-19-7-5-4-6-8-19)39-15-28(3)25(35)23(34)24(40-28)21-11-12-22-26(29)30-16-31-33(21)22/h4-8,11-12,16-18,20,23-25,34-35H,9-10,13-15H2,1-3H3,(H,32,37)(H2,29,30,31)/t20-,23-,24-,25-,28+,42?/m0/s1. The number of fused-ring (bicyclic) bond motifs is 1. The van der Waals surface area contributed by atoms with E-state index < -0.39 is 50.3 Å². The molecule has 228 valence electrons. The lowest BCUT2D eigenvalue weighted by atomic mass is 9.97. The van der Waals surface area contributed by atoms with Crippen molar-refractivity contribution in [2.75, 3.05) is 18.9 Å². The van der Waals surface area contributed by atoms with Crippen molar-refractivity contribution in [3.05, 3.63) is 54.5 Å². The van der Waals surface area contributed by atoms with Gasteiger partial charge in [-0.1, -0.05) is 32.0 Å². The van der Waals surface area contributed by atoms with Crippen LogP contribution in [0.3, 0.4) is 0 Å². The van der Waals surface area contributed by atoms with E-state index in [1.807, 2.05) is 13.8 Å². The molecule has 3 aromatic rings. The Morgan fingerprint density at radius 2 is 1.98 bits per heavy atom. The van der Waals surface area contributed by atoms with Crippen molar-refractivity contribution in [1.29, 1.82) is 0 Å². The van der Waals surface area contributed by atoms with E-state index in [0.717, 1.165) is 12.8 Å². The molecule has 42 heavy (non-hydrogen) atoms. The molecule has 14 heteroatoms. The number of nitrogens with one attached hydrogen (secondary N) is 1. The number of hydrogen-bond acceptors (Lipinski definition) is 11. The van der Waals surface area contributed by atoms with Gasteiger partial charge in [0, 0.05) is 0 Å². The molecule has 0 amide bonds. The first-order valence-corrected chi connectivity index (χ1v) is 15.6. The van der Waals surface area contributed by atoms with E-state index in [4.69, 9.17) is 24.3 Å². The Hall–Kier alpha value is -3.06. The number of anilines is 1. The number of aliphatic hydroxyl groups excluding tert-OH is 2. The SMILES string of the molecule is CC(C)C[C@H](NP(=O)(OC[C@@]1(C)O[C@@H](c2ccc3c(N)ncnn23)[C@H](O)[C@@H]1O)Oc1ccccc1)C(=O)OCC1CC1. The summed E-state index contributed by atoms with van der Waals surface area (Å²) in [6.07, 6.45) is -0.202. The molecule has 0 spiro atoms. The number of carbonyl (C=O) groups excluding carboxylic acids is 1. The zero-order valence-electron chi connectivity index (χ0n) is 23.8. The van der Waals surface area contributed by atoms with E-state index in [1.165, 1.54) is 17.8 Å². The Bertz CT molecular complexity index is 1430. The zero-order chi connectivity index (χ0) is 30.1. The van der Waals surface area contributed by atoms with Gasteiger partial charge in [0.05, 0.1) is 18.9 Å². The number of aromatic nitrogens is 3. The number of esters is 1. The van der Waals surface area contributed by atoms with Crippen LogP contribution in [-0.2, 0) is 23.4 Å². The first-order valence-electron chi connectivity index (χ1n) is 14.0. The van der Waals surface area contributed by atoms with Crippen LogP contribution in [0.5, 0.6) is 5.75 Å². The van der Waals surface area contributed by atoms with Crippen LogP contribution in [0.25, 0.3) is 5.52 Å². The van der Waals surface area contributed by atoms with Gasteiger partial charge < -0.3 is 29.9 Å². The van der Waals surface area contributed by atoms with Crippen molar-refractivity contribution in [2.45, 2.75) is 70.0 Å². The maximum atomic E-state index is 14.2. The van der Waals surface area contributed by atoms with E-state index >= 15 is 0 Å². The van der Waals surface area contributed by atoms with Crippen molar-refractivity contribution >= 4 is 25.1 Å². The van der Waals surface area contributed by atoms with Gasteiger partial charge in [0.15, 0.2) is 5.82 Å². The number of benzene rings is 1. The summed E-state index contributed by atoms with van der Waals surface area (Å²) >= 11 is 0. The van der Waals surface area contributed by atoms with Crippen molar-refractivity contribution in [1.82, 2.24) is 19.7 Å². The van der Waals surface area contributed by atoms with Crippen molar-refractivity contribution < 1.29 is 38.1 Å². The largest absolute Gasteiger partial charge is 0.464 e. The van der Waals surface area contributed by atoms with Gasteiger partial charge in [-0.2, -0.15) is 10.2 Å². The average Bonchev–Trinajstić information content (AvgIpc) is 3.64. The fraction of sp³-hybridized carbons (Fsp3) is 0.536. The van der Waals surface area contributed by atoms with Gasteiger partial charge in [0.2, 0.25) is 0 Å². The Morgan fingerprint density at radius 3 is 2.67 bits per heavy atom. The zero-order valence-corrected chi connectivity index (χ0v) is 24.7. The molecule has 2 aromatic heterocycles. The highest BCUT2D eigenvalue weighted by Gasteiger charge is 2.54. The summed E-state index contributed by atoms with van der Waals surface area (Å²) in [5.41, 5.74) is 5.37. The second-order valence-corrected chi connectivity index (χ2v) is 13.2. The molecular formula is C28H38N5O8P. The monoisotopic (exact) mass is 603 g/mol. The molecule has 5 N–H and O–H groups in total. The predicted octanol–water partition coefficient (Wildman–Crippen LogP) is 3.02. The Balaban J connectivity index is 1.36. The van der Waals surface area contributed by atoms with Gasteiger partial charge in [-0.15, -0.1) is 0 Å². The van der Waals surface area contributed by atoms with Gasteiger partial charge in [-0.05, 0) is 62.3 Å². The number of hydrogen-bond donors (Lipinski definition) is 4. The lowest BCUT2D eigenvalue weighted by molar-refractivity contribution is -0.146. The van der Waals surface area contributed by atoms with Gasteiger partial charge in [0.1, 0.15) is 47.5 Å². The molecule has 1 saturated carbocycles. The molecule has 1 aliphatic carbocycles. The number of para-hydroxylation sites is 1. The number of nitrogen functional groups attached to an aromatic ring is 1. The molecule has 1 aliphatic heterocycles. The number of rotatable bonds is 13. The lowest BCUT2D eigenvalue weighted by Crippen LogP contribution is -2.45. The highest BCUT2D eigenvalue weighted by Crippen LogP contribution is 2.49. The van der Waals surface area contributed by atoms with E-state index in [1.54, 1.807) is 42.5 Å². The Labute approximate surface area is 243 Å². The van der Waals surface area contributed by atoms with Crippen LogP contribution in [0.15, 0.2) is 48.8 Å². The fourth-order valence-corrected chi connectivity index (χ4v) is 6.47. The average molecular weight is 604 g/mol. The minimum atomic E-state index is -4.27. The third-order valence-corrected chi connectivity index (χ3v) is 8.96. The van der Waals surface area contributed by atoms with Gasteiger partial charge >= 0.3 is 13.7 Å². The Kier molecular flexibility index (Phi) is 8.89. The third-order valence-electron chi connectivity index (χ3n) is 7.41. The summed E-state index contributed by atoms with van der Waals surface area (Å²) in [5, 5.41) is 29.0. The minimum absolute atomic E-state index is 0.0595. The second kappa shape index (κ2) is 12.3. The van der Waals surface area contributed by atoms with E-state index in [2.05, 4.69) is 15.2 Å². The maximum absolute atomic E-state index is 14.2. The summed E-state index contributed by atoms with van der Waals surface area (Å²) in [4.78, 5) is 17.0. The summed E-state index contributed by atoms with van der Waals surface area (Å²) in [5.74, 6) is 0.363. The quantitative estimate of drug-likeness (QED) is 0.166. The molecule has 1 unspecified atom stereocenters. The maximum Gasteiger partial charge on any atom is 0.459 e. The number of carbonyl (C=O) groups is 1. The Morgan fingerprint density at radius 1 is 1.24 bits per heavy atom. The summed E-state index contributed by atoms with van der Waals surface area (Å²) in [6.45, 7) is 5.25. The molecule has 1 aromatic carbocycles. The van der Waals surface area contributed by atoms with Crippen LogP contribution in [0.4, 0.5) is 5.82 Å². The van der Waals surface area contributed by atoms with Crippen LogP contribution in [0, 0.1) is 11.8 Å². The minimum Gasteiger partial charge on any atom is -0.464 e. The van der Waals surface area contributed by atoms with Crippen LogP contribution in [0.2, 0.25) is 0 Å². The van der Waals surface area contributed by atoms with Crippen LogP contribution in [0.1, 0.15) is 51.8 Å². The van der Waals surface area contributed by atoms with E-state index in [-0.39, 0.29) is 17.5 Å². The molecule has 0 bridgehead atoms. The highest BCUT2D eigenvalue weighted by molar-refractivity contribution is 7.52. The molecule has 6 atom stereocenters. The van der Waals surface area contributed by atoms with Crippen LogP contribution < -0.4 is 15.3 Å². The lowest BCUT2D eigenvalue weighted by Gasteiger charge is -2.31. The van der Waals surface area contributed by atoms with Crippen LogP contribution >= 0.6 is 7.75 Å². The van der Waals surface area contributed by atoms with Crippen molar-refractivity contribution in [3.8, 4) is 5.75 Å². The number of aliphatic hydroxyl groups is 2. The third kappa shape index (κ3) is 6.77. The topological polar surface area (TPSA) is 180 Å². The molecule has 13 nitrogen and oxygen atoms in total. The summed E-state index contributed by atoms with van der Waals surface area (Å²) < 4.78 is 39.1.